The molecule has 26 heavy (non-hydrogen) atoms. The van der Waals surface area contributed by atoms with Crippen molar-refractivity contribution in [1.29, 1.82) is 0 Å². The van der Waals surface area contributed by atoms with Gasteiger partial charge in [-0.15, -0.1) is 0 Å². The minimum absolute atomic E-state index is 0.392. The molecule has 0 aliphatic carbocycles. The van der Waals surface area contributed by atoms with E-state index in [9.17, 15) is 8.42 Å². The van der Waals surface area contributed by atoms with E-state index < -0.39 is 9.84 Å². The fourth-order valence-electron chi connectivity index (χ4n) is 3.70. The van der Waals surface area contributed by atoms with Crippen molar-refractivity contribution < 1.29 is 8.42 Å². The van der Waals surface area contributed by atoms with Gasteiger partial charge in [-0.3, -0.25) is 0 Å². The van der Waals surface area contributed by atoms with Gasteiger partial charge in [-0.25, -0.2) is 8.42 Å². The third-order valence-corrected chi connectivity index (χ3v) is 7.48. The van der Waals surface area contributed by atoms with Gasteiger partial charge in [0.2, 0.25) is 9.84 Å². The first-order valence-electron chi connectivity index (χ1n) is 8.23. The highest BCUT2D eigenvalue weighted by Crippen LogP contribution is 2.45. The zero-order chi connectivity index (χ0) is 17.9. The van der Waals surface area contributed by atoms with E-state index in [1.165, 1.54) is 0 Å². The molecule has 1 aliphatic heterocycles. The molecule has 0 N–H and O–H groups in total. The molecule has 0 radical (unpaired) electrons. The molecule has 0 bridgehead atoms. The van der Waals surface area contributed by atoms with Crippen molar-refractivity contribution >= 4 is 36.5 Å². The van der Waals surface area contributed by atoms with Gasteiger partial charge in [0.15, 0.2) is 0 Å². The number of sulfone groups is 1. The van der Waals surface area contributed by atoms with Crippen LogP contribution in [0, 0.1) is 0 Å². The average molecular weight is 421 g/mol. The minimum Gasteiger partial charge on any atom is -0.218 e. The average Bonchev–Trinajstić information content (AvgIpc) is 2.90. The summed E-state index contributed by atoms with van der Waals surface area (Å²) in [6.07, 6.45) is 0. The quantitative estimate of drug-likeness (QED) is 0.329. The zero-order valence-corrected chi connectivity index (χ0v) is 16.0. The summed E-state index contributed by atoms with van der Waals surface area (Å²) in [5.41, 5.74) is 3.67. The largest absolute Gasteiger partial charge is 0.218 e. The topological polar surface area (TPSA) is 34.1 Å². The third-order valence-electron chi connectivity index (χ3n) is 4.92. The second kappa shape index (κ2) is 5.53. The fraction of sp³-hybridized carbons (Fsp3) is 0. The molecule has 2 nitrogen and oxygen atoms in total. The predicted molar refractivity (Wildman–Crippen MR) is 108 cm³/mol. The molecule has 0 amide bonds. The van der Waals surface area contributed by atoms with Gasteiger partial charge >= 0.3 is 0 Å². The van der Waals surface area contributed by atoms with Gasteiger partial charge in [0.25, 0.3) is 0 Å². The molecule has 0 saturated carbocycles. The van der Waals surface area contributed by atoms with Crippen LogP contribution < -0.4 is 0 Å². The molecule has 0 aromatic heterocycles. The number of halogens is 1. The van der Waals surface area contributed by atoms with E-state index >= 15 is 0 Å². The molecule has 4 aromatic carbocycles. The summed E-state index contributed by atoms with van der Waals surface area (Å²) in [6, 6.07) is 25.2. The lowest BCUT2D eigenvalue weighted by Crippen LogP contribution is -1.96. The van der Waals surface area contributed by atoms with E-state index in [4.69, 9.17) is 0 Å². The lowest BCUT2D eigenvalue weighted by atomic mass is 9.95. The standard InChI is InChI=1S/C22H13BrO2S/c23-20-11-10-15(16-5-1-2-6-17(16)20)14-9-12-22-19(13-14)18-7-3-4-8-21(18)26(22,24)25/h1-13H. The Hall–Kier alpha value is -2.43. The first-order chi connectivity index (χ1) is 12.6. The number of fused-ring (bicyclic) bond motifs is 4. The van der Waals surface area contributed by atoms with Gasteiger partial charge in [0, 0.05) is 15.6 Å². The van der Waals surface area contributed by atoms with Crippen molar-refractivity contribution in [1.82, 2.24) is 0 Å². The SMILES string of the molecule is O=S1(=O)c2ccccc2-c2cc(-c3ccc(Br)c4ccccc34)ccc21. The van der Waals surface area contributed by atoms with Crippen LogP contribution in [0.2, 0.25) is 0 Å². The molecule has 1 aliphatic rings. The summed E-state index contributed by atoms with van der Waals surface area (Å²) in [4.78, 5) is 0.789. The van der Waals surface area contributed by atoms with Gasteiger partial charge < -0.3 is 0 Å². The molecule has 0 atom stereocenters. The zero-order valence-electron chi connectivity index (χ0n) is 13.6. The molecule has 0 spiro atoms. The molecule has 1 heterocycles. The number of hydrogen-bond acceptors (Lipinski definition) is 2. The summed E-state index contributed by atoms with van der Waals surface area (Å²) in [5.74, 6) is 0. The van der Waals surface area contributed by atoms with E-state index in [0.717, 1.165) is 37.5 Å². The van der Waals surface area contributed by atoms with Crippen LogP contribution in [0.5, 0.6) is 0 Å². The first kappa shape index (κ1) is 15.8. The minimum atomic E-state index is -3.42. The van der Waals surface area contributed by atoms with Crippen LogP contribution in [0.25, 0.3) is 33.0 Å². The molecule has 0 fully saturated rings. The van der Waals surface area contributed by atoms with Crippen LogP contribution in [0.4, 0.5) is 0 Å². The maximum absolute atomic E-state index is 12.8. The Bertz CT molecular complexity index is 1310. The van der Waals surface area contributed by atoms with E-state index in [-0.39, 0.29) is 0 Å². The fourth-order valence-corrected chi connectivity index (χ4v) is 5.84. The summed E-state index contributed by atoms with van der Waals surface area (Å²) in [5, 5.41) is 2.27. The summed E-state index contributed by atoms with van der Waals surface area (Å²) >= 11 is 3.61. The van der Waals surface area contributed by atoms with Crippen molar-refractivity contribution in [3.8, 4) is 22.3 Å². The Morgan fingerprint density at radius 2 is 1.31 bits per heavy atom. The van der Waals surface area contributed by atoms with Crippen LogP contribution >= 0.6 is 15.9 Å². The highest BCUT2D eigenvalue weighted by molar-refractivity contribution is 9.10. The van der Waals surface area contributed by atoms with Crippen LogP contribution in [-0.4, -0.2) is 8.42 Å². The molecular formula is C22H13BrO2S. The number of hydrogen-bond donors (Lipinski definition) is 0. The molecule has 126 valence electrons. The monoisotopic (exact) mass is 420 g/mol. The van der Waals surface area contributed by atoms with Crippen molar-refractivity contribution in [3.63, 3.8) is 0 Å². The number of rotatable bonds is 1. The van der Waals surface area contributed by atoms with Crippen molar-refractivity contribution in [2.45, 2.75) is 9.79 Å². The first-order valence-corrected chi connectivity index (χ1v) is 10.5. The van der Waals surface area contributed by atoms with E-state index in [0.29, 0.717) is 9.79 Å². The smallest absolute Gasteiger partial charge is 0.207 e. The Morgan fingerprint density at radius 3 is 2.15 bits per heavy atom. The maximum Gasteiger partial charge on any atom is 0.207 e. The Balaban J connectivity index is 1.81. The summed E-state index contributed by atoms with van der Waals surface area (Å²) in [7, 11) is -3.42. The van der Waals surface area contributed by atoms with Crippen LogP contribution in [0.1, 0.15) is 0 Å². The number of benzene rings is 4. The lowest BCUT2D eigenvalue weighted by Gasteiger charge is -2.10. The summed E-state index contributed by atoms with van der Waals surface area (Å²) in [6.45, 7) is 0. The second-order valence-corrected chi connectivity index (χ2v) is 9.09. The molecule has 0 unspecified atom stereocenters. The van der Waals surface area contributed by atoms with Gasteiger partial charge in [-0.1, -0.05) is 70.5 Å². The molecule has 4 aromatic rings. The lowest BCUT2D eigenvalue weighted by molar-refractivity contribution is 0.598. The van der Waals surface area contributed by atoms with Crippen molar-refractivity contribution in [2.75, 3.05) is 0 Å². The van der Waals surface area contributed by atoms with E-state index in [1.54, 1.807) is 18.2 Å². The second-order valence-electron chi connectivity index (χ2n) is 6.35. The van der Waals surface area contributed by atoms with Crippen molar-refractivity contribution in [2.24, 2.45) is 0 Å². The molecule has 5 rings (SSSR count). The molecule has 4 heteroatoms. The normalized spacial score (nSPS) is 14.2. The molecular weight excluding hydrogens is 408 g/mol. The van der Waals surface area contributed by atoms with Gasteiger partial charge in [0.05, 0.1) is 9.79 Å². The van der Waals surface area contributed by atoms with Crippen molar-refractivity contribution in [3.05, 3.63) is 83.3 Å². The Morgan fingerprint density at radius 1 is 0.615 bits per heavy atom. The molecule has 0 saturated heterocycles. The van der Waals surface area contributed by atoms with Crippen LogP contribution in [0.15, 0.2) is 93.1 Å². The maximum atomic E-state index is 12.8. The Labute approximate surface area is 160 Å². The van der Waals surface area contributed by atoms with Gasteiger partial charge in [-0.05, 0) is 46.2 Å². The highest BCUT2D eigenvalue weighted by atomic mass is 79.9. The summed E-state index contributed by atoms with van der Waals surface area (Å²) < 4.78 is 26.6. The predicted octanol–water partition coefficient (Wildman–Crippen LogP) is 6.08. The third kappa shape index (κ3) is 2.12. The van der Waals surface area contributed by atoms with E-state index in [1.807, 2.05) is 42.5 Å². The highest BCUT2D eigenvalue weighted by Gasteiger charge is 2.32. The van der Waals surface area contributed by atoms with Crippen LogP contribution in [-0.2, 0) is 9.84 Å². The van der Waals surface area contributed by atoms with Gasteiger partial charge in [-0.2, -0.15) is 0 Å². The van der Waals surface area contributed by atoms with Gasteiger partial charge in [0.1, 0.15) is 0 Å². The van der Waals surface area contributed by atoms with Crippen LogP contribution in [0.3, 0.4) is 0 Å². The Kier molecular flexibility index (Phi) is 3.36. The van der Waals surface area contributed by atoms with E-state index in [2.05, 4.69) is 34.1 Å².